The van der Waals surface area contributed by atoms with Gasteiger partial charge in [-0.25, -0.2) is 4.98 Å². The van der Waals surface area contributed by atoms with Gasteiger partial charge in [0.05, 0.1) is 13.2 Å². The molecule has 0 amide bonds. The van der Waals surface area contributed by atoms with Crippen molar-refractivity contribution in [2.45, 2.75) is 26.8 Å². The number of rotatable bonds is 6. The fraction of sp³-hybridized carbons (Fsp3) is 0.385. The topological polar surface area (TPSA) is 60.2 Å². The standard InChI is InChI=1S/C13H17N3O2/c1-3-8-17-12-6-7-14-13(16-12)15-9-11-5-4-10(2)18-11/h4-7H,3,8-9H2,1-2H3,(H,14,15,16). The van der Waals surface area contributed by atoms with Gasteiger partial charge in [0.15, 0.2) is 0 Å². The van der Waals surface area contributed by atoms with E-state index in [1.165, 1.54) is 0 Å². The number of aryl methyl sites for hydroxylation is 1. The maximum absolute atomic E-state index is 5.45. The summed E-state index contributed by atoms with van der Waals surface area (Å²) in [5, 5.41) is 3.10. The van der Waals surface area contributed by atoms with Gasteiger partial charge in [0.2, 0.25) is 11.8 Å². The Hall–Kier alpha value is -2.04. The van der Waals surface area contributed by atoms with E-state index in [2.05, 4.69) is 22.2 Å². The molecule has 18 heavy (non-hydrogen) atoms. The second kappa shape index (κ2) is 6.05. The van der Waals surface area contributed by atoms with Gasteiger partial charge in [0.1, 0.15) is 11.5 Å². The molecular formula is C13H17N3O2. The van der Waals surface area contributed by atoms with Gasteiger partial charge in [-0.05, 0) is 25.5 Å². The van der Waals surface area contributed by atoms with E-state index in [-0.39, 0.29) is 0 Å². The largest absolute Gasteiger partial charge is 0.478 e. The van der Waals surface area contributed by atoms with Crippen molar-refractivity contribution in [2.24, 2.45) is 0 Å². The lowest BCUT2D eigenvalue weighted by Gasteiger charge is -2.06. The summed E-state index contributed by atoms with van der Waals surface area (Å²) in [7, 11) is 0. The zero-order valence-corrected chi connectivity index (χ0v) is 10.6. The predicted molar refractivity (Wildman–Crippen MR) is 68.6 cm³/mol. The normalized spacial score (nSPS) is 10.3. The van der Waals surface area contributed by atoms with E-state index < -0.39 is 0 Å². The van der Waals surface area contributed by atoms with Gasteiger partial charge in [0.25, 0.3) is 0 Å². The molecule has 0 aliphatic carbocycles. The first-order valence-electron chi connectivity index (χ1n) is 6.03. The molecule has 96 valence electrons. The molecule has 1 N–H and O–H groups in total. The van der Waals surface area contributed by atoms with Gasteiger partial charge in [0, 0.05) is 12.3 Å². The second-order valence-corrected chi connectivity index (χ2v) is 3.93. The number of nitrogens with zero attached hydrogens (tertiary/aromatic N) is 2. The summed E-state index contributed by atoms with van der Waals surface area (Å²) in [6, 6.07) is 5.61. The summed E-state index contributed by atoms with van der Waals surface area (Å²) in [6.07, 6.45) is 2.63. The SMILES string of the molecule is CCCOc1ccnc(NCc2ccc(C)o2)n1. The van der Waals surface area contributed by atoms with Crippen molar-refractivity contribution in [3.63, 3.8) is 0 Å². The highest BCUT2D eigenvalue weighted by molar-refractivity contribution is 5.28. The number of furan rings is 1. The van der Waals surface area contributed by atoms with Crippen molar-refractivity contribution < 1.29 is 9.15 Å². The van der Waals surface area contributed by atoms with E-state index in [4.69, 9.17) is 9.15 Å². The highest BCUT2D eigenvalue weighted by Gasteiger charge is 2.02. The highest BCUT2D eigenvalue weighted by Crippen LogP contribution is 2.11. The minimum atomic E-state index is 0.539. The Morgan fingerprint density at radius 3 is 2.94 bits per heavy atom. The summed E-state index contributed by atoms with van der Waals surface area (Å²) in [6.45, 7) is 5.19. The molecule has 0 unspecified atom stereocenters. The monoisotopic (exact) mass is 247 g/mol. The van der Waals surface area contributed by atoms with Crippen LogP contribution in [0.3, 0.4) is 0 Å². The summed E-state index contributed by atoms with van der Waals surface area (Å²) < 4.78 is 10.9. The van der Waals surface area contributed by atoms with Crippen molar-refractivity contribution in [1.29, 1.82) is 0 Å². The maximum Gasteiger partial charge on any atom is 0.226 e. The average molecular weight is 247 g/mol. The van der Waals surface area contributed by atoms with E-state index in [0.29, 0.717) is 25.0 Å². The van der Waals surface area contributed by atoms with E-state index >= 15 is 0 Å². The number of nitrogens with one attached hydrogen (secondary N) is 1. The van der Waals surface area contributed by atoms with E-state index in [0.717, 1.165) is 17.9 Å². The third kappa shape index (κ3) is 3.48. The second-order valence-electron chi connectivity index (χ2n) is 3.93. The van der Waals surface area contributed by atoms with Gasteiger partial charge in [-0.2, -0.15) is 4.98 Å². The lowest BCUT2D eigenvalue weighted by atomic mass is 10.4. The van der Waals surface area contributed by atoms with Crippen LogP contribution in [0.1, 0.15) is 24.9 Å². The summed E-state index contributed by atoms with van der Waals surface area (Å²) in [5.41, 5.74) is 0. The van der Waals surface area contributed by atoms with Crippen molar-refractivity contribution in [2.75, 3.05) is 11.9 Å². The number of ether oxygens (including phenoxy) is 1. The van der Waals surface area contributed by atoms with Crippen LogP contribution in [0.2, 0.25) is 0 Å². The highest BCUT2D eigenvalue weighted by atomic mass is 16.5. The Bertz CT molecular complexity index is 496. The van der Waals surface area contributed by atoms with Gasteiger partial charge in [-0.3, -0.25) is 0 Å². The Labute approximate surface area is 106 Å². The summed E-state index contributed by atoms with van der Waals surface area (Å²) in [4.78, 5) is 8.37. The first-order valence-corrected chi connectivity index (χ1v) is 6.03. The van der Waals surface area contributed by atoms with Crippen LogP contribution in [0.4, 0.5) is 5.95 Å². The van der Waals surface area contributed by atoms with E-state index in [1.807, 2.05) is 19.1 Å². The molecule has 0 radical (unpaired) electrons. The van der Waals surface area contributed by atoms with Gasteiger partial charge < -0.3 is 14.5 Å². The van der Waals surface area contributed by atoms with Gasteiger partial charge in [-0.1, -0.05) is 6.92 Å². The van der Waals surface area contributed by atoms with Crippen LogP contribution in [0.15, 0.2) is 28.8 Å². The smallest absolute Gasteiger partial charge is 0.226 e. The zero-order valence-electron chi connectivity index (χ0n) is 10.6. The van der Waals surface area contributed by atoms with Crippen molar-refractivity contribution in [3.05, 3.63) is 35.9 Å². The molecule has 2 rings (SSSR count). The fourth-order valence-electron chi connectivity index (χ4n) is 1.46. The molecule has 2 aromatic heterocycles. The molecule has 2 heterocycles. The molecule has 0 atom stereocenters. The Kier molecular flexibility index (Phi) is 4.17. The van der Waals surface area contributed by atoms with E-state index in [1.54, 1.807) is 12.3 Å². The quantitative estimate of drug-likeness (QED) is 0.850. The maximum atomic E-state index is 5.45. The van der Waals surface area contributed by atoms with Gasteiger partial charge in [-0.15, -0.1) is 0 Å². The van der Waals surface area contributed by atoms with Crippen molar-refractivity contribution >= 4 is 5.95 Å². The molecule has 5 nitrogen and oxygen atoms in total. The van der Waals surface area contributed by atoms with Crippen LogP contribution < -0.4 is 10.1 Å². The number of anilines is 1. The van der Waals surface area contributed by atoms with Crippen LogP contribution in [0.5, 0.6) is 5.88 Å². The fourth-order valence-corrected chi connectivity index (χ4v) is 1.46. The lowest BCUT2D eigenvalue weighted by molar-refractivity contribution is 0.305. The number of aromatic nitrogens is 2. The van der Waals surface area contributed by atoms with Crippen LogP contribution in [0.25, 0.3) is 0 Å². The first-order chi connectivity index (χ1) is 8.78. The van der Waals surface area contributed by atoms with Crippen LogP contribution in [-0.2, 0) is 6.54 Å². The molecule has 0 aromatic carbocycles. The molecule has 0 saturated heterocycles. The summed E-state index contributed by atoms with van der Waals surface area (Å²) in [5.74, 6) is 2.88. The Morgan fingerprint density at radius 1 is 1.33 bits per heavy atom. The molecule has 0 spiro atoms. The third-order valence-corrected chi connectivity index (χ3v) is 2.30. The minimum absolute atomic E-state index is 0.539. The Balaban J connectivity index is 1.92. The average Bonchev–Trinajstić information content (AvgIpc) is 2.80. The molecule has 0 fully saturated rings. The lowest BCUT2D eigenvalue weighted by Crippen LogP contribution is -2.04. The summed E-state index contributed by atoms with van der Waals surface area (Å²) >= 11 is 0. The minimum Gasteiger partial charge on any atom is -0.478 e. The molecule has 5 heteroatoms. The number of hydrogen-bond acceptors (Lipinski definition) is 5. The first kappa shape index (κ1) is 12.4. The Morgan fingerprint density at radius 2 is 2.22 bits per heavy atom. The van der Waals surface area contributed by atoms with Crippen molar-refractivity contribution in [1.82, 2.24) is 9.97 Å². The molecule has 2 aromatic rings. The predicted octanol–water partition coefficient (Wildman–Crippen LogP) is 2.78. The molecular weight excluding hydrogens is 230 g/mol. The van der Waals surface area contributed by atoms with Gasteiger partial charge >= 0.3 is 0 Å². The number of hydrogen-bond donors (Lipinski definition) is 1. The van der Waals surface area contributed by atoms with Crippen molar-refractivity contribution in [3.8, 4) is 5.88 Å². The molecule has 0 bridgehead atoms. The zero-order chi connectivity index (χ0) is 12.8. The van der Waals surface area contributed by atoms with Crippen LogP contribution in [0, 0.1) is 6.92 Å². The van der Waals surface area contributed by atoms with Crippen LogP contribution >= 0.6 is 0 Å². The van der Waals surface area contributed by atoms with E-state index in [9.17, 15) is 0 Å². The van der Waals surface area contributed by atoms with Crippen LogP contribution in [-0.4, -0.2) is 16.6 Å². The molecule has 0 aliphatic rings. The molecule has 0 aliphatic heterocycles. The molecule has 0 saturated carbocycles. The third-order valence-electron chi connectivity index (χ3n) is 2.30.